The Morgan fingerprint density at radius 2 is 2.08 bits per heavy atom. The van der Waals surface area contributed by atoms with Crippen molar-refractivity contribution in [2.45, 2.75) is 57.2 Å². The van der Waals surface area contributed by atoms with Crippen LogP contribution >= 0.6 is 24.0 Å². The van der Waals surface area contributed by atoms with Crippen LogP contribution in [0.5, 0.6) is 0 Å². The quantitative estimate of drug-likeness (QED) is 0.355. The lowest BCUT2D eigenvalue weighted by molar-refractivity contribution is 0.396. The molecule has 1 saturated heterocycles. The summed E-state index contributed by atoms with van der Waals surface area (Å²) in [6.45, 7) is 8.26. The molecule has 4 unspecified atom stereocenters. The summed E-state index contributed by atoms with van der Waals surface area (Å²) in [5.41, 5.74) is 0. The first-order chi connectivity index (χ1) is 11.1. The van der Waals surface area contributed by atoms with E-state index in [0.717, 1.165) is 50.6 Å². The molecule has 7 heteroatoms. The summed E-state index contributed by atoms with van der Waals surface area (Å²) in [5, 5.41) is 7.32. The Labute approximate surface area is 167 Å². The maximum Gasteiger partial charge on any atom is 0.191 e. The molecule has 0 aromatic carbocycles. The Morgan fingerprint density at radius 3 is 2.71 bits per heavy atom. The van der Waals surface area contributed by atoms with E-state index in [2.05, 4.69) is 29.5 Å². The highest BCUT2D eigenvalue weighted by molar-refractivity contribution is 14.0. The number of hydrogen-bond acceptors (Lipinski definition) is 3. The van der Waals surface area contributed by atoms with Crippen LogP contribution in [0.2, 0.25) is 0 Å². The molecule has 1 aliphatic heterocycles. The highest BCUT2D eigenvalue weighted by atomic mass is 127. The molecule has 24 heavy (non-hydrogen) atoms. The first-order valence-electron chi connectivity index (χ1n) is 9.22. The van der Waals surface area contributed by atoms with Crippen LogP contribution in [-0.4, -0.2) is 65.3 Å². The molecule has 0 bridgehead atoms. The van der Waals surface area contributed by atoms with Gasteiger partial charge in [0.15, 0.2) is 5.96 Å². The van der Waals surface area contributed by atoms with Crippen molar-refractivity contribution in [3.05, 3.63) is 0 Å². The Bertz CT molecular complexity index is 421. The molecule has 4 atom stereocenters. The SMILES string of the molecule is CCNC(=NCC1CCN(C)C1)NC1CCCC(S(=O)CC)C1.I. The molecule has 2 rings (SSSR count). The van der Waals surface area contributed by atoms with Gasteiger partial charge in [0.1, 0.15) is 0 Å². The fraction of sp³-hybridized carbons (Fsp3) is 0.941. The fourth-order valence-corrected chi connectivity index (χ4v) is 5.01. The summed E-state index contributed by atoms with van der Waals surface area (Å²) >= 11 is 0. The van der Waals surface area contributed by atoms with Crippen LogP contribution in [-0.2, 0) is 10.8 Å². The van der Waals surface area contributed by atoms with E-state index in [0.29, 0.717) is 17.2 Å². The van der Waals surface area contributed by atoms with Crippen LogP contribution in [0.25, 0.3) is 0 Å². The van der Waals surface area contributed by atoms with Crippen molar-refractivity contribution in [1.82, 2.24) is 15.5 Å². The second-order valence-electron chi connectivity index (χ2n) is 6.94. The molecule has 1 heterocycles. The molecule has 1 saturated carbocycles. The topological polar surface area (TPSA) is 56.7 Å². The molecule has 0 radical (unpaired) electrons. The van der Waals surface area contributed by atoms with Crippen molar-refractivity contribution in [2.75, 3.05) is 39.0 Å². The number of hydrogen-bond donors (Lipinski definition) is 2. The lowest BCUT2D eigenvalue weighted by Gasteiger charge is -2.30. The third-order valence-electron chi connectivity index (χ3n) is 4.96. The van der Waals surface area contributed by atoms with Crippen molar-refractivity contribution in [3.8, 4) is 0 Å². The van der Waals surface area contributed by atoms with E-state index in [9.17, 15) is 4.21 Å². The first-order valence-corrected chi connectivity index (χ1v) is 10.6. The number of guanidine groups is 1. The van der Waals surface area contributed by atoms with E-state index >= 15 is 0 Å². The van der Waals surface area contributed by atoms with Crippen LogP contribution in [0.1, 0.15) is 46.0 Å². The summed E-state index contributed by atoms with van der Waals surface area (Å²) in [4.78, 5) is 7.19. The molecule has 2 aliphatic rings. The van der Waals surface area contributed by atoms with E-state index in [1.165, 1.54) is 19.4 Å². The van der Waals surface area contributed by atoms with Crippen molar-refractivity contribution in [1.29, 1.82) is 0 Å². The van der Waals surface area contributed by atoms with Crippen LogP contribution < -0.4 is 10.6 Å². The van der Waals surface area contributed by atoms with Crippen molar-refractivity contribution < 1.29 is 4.21 Å². The van der Waals surface area contributed by atoms with Gasteiger partial charge in [-0.05, 0) is 52.1 Å². The summed E-state index contributed by atoms with van der Waals surface area (Å²) in [7, 11) is 1.52. The molecule has 2 fully saturated rings. The average Bonchev–Trinajstić information content (AvgIpc) is 2.98. The average molecular weight is 470 g/mol. The number of rotatable bonds is 6. The van der Waals surface area contributed by atoms with Gasteiger partial charge in [0.2, 0.25) is 0 Å². The molecule has 1 aliphatic carbocycles. The zero-order valence-corrected chi connectivity index (χ0v) is 18.6. The predicted octanol–water partition coefficient (Wildman–Crippen LogP) is 2.19. The van der Waals surface area contributed by atoms with E-state index in [-0.39, 0.29) is 24.0 Å². The second kappa shape index (κ2) is 11.7. The van der Waals surface area contributed by atoms with Crippen molar-refractivity contribution >= 4 is 40.7 Å². The molecule has 0 aromatic heterocycles. The molecule has 0 spiro atoms. The molecule has 2 N–H and O–H groups in total. The molecule has 0 aromatic rings. The molecular weight excluding hydrogens is 435 g/mol. The fourth-order valence-electron chi connectivity index (χ4n) is 3.66. The normalized spacial score (nSPS) is 29.8. The van der Waals surface area contributed by atoms with Crippen molar-refractivity contribution in [3.63, 3.8) is 0 Å². The molecule has 5 nitrogen and oxygen atoms in total. The van der Waals surface area contributed by atoms with Gasteiger partial charge in [0.25, 0.3) is 0 Å². The van der Waals surface area contributed by atoms with Crippen LogP contribution in [0.3, 0.4) is 0 Å². The van der Waals surface area contributed by atoms with Crippen molar-refractivity contribution in [2.24, 2.45) is 10.9 Å². The van der Waals surface area contributed by atoms with E-state index in [4.69, 9.17) is 4.99 Å². The second-order valence-corrected chi connectivity index (χ2v) is 8.94. The molecule has 142 valence electrons. The third-order valence-corrected chi connectivity index (χ3v) is 6.70. The molecular formula is C17H35IN4OS. The van der Waals surface area contributed by atoms with Gasteiger partial charge in [-0.25, -0.2) is 0 Å². The summed E-state index contributed by atoms with van der Waals surface area (Å²) < 4.78 is 12.1. The largest absolute Gasteiger partial charge is 0.357 e. The monoisotopic (exact) mass is 470 g/mol. The number of aliphatic imine (C=N–C) groups is 1. The smallest absolute Gasteiger partial charge is 0.191 e. The van der Waals surface area contributed by atoms with Gasteiger partial charge in [0, 0.05) is 47.5 Å². The van der Waals surface area contributed by atoms with E-state index < -0.39 is 10.8 Å². The standard InChI is InChI=1S/C17H34N4OS.HI/c1-4-18-17(19-12-14-9-10-21(3)13-14)20-15-7-6-8-16(11-15)23(22)5-2;/h14-16H,4-13H2,1-3H3,(H2,18,19,20);1H. The van der Waals surface area contributed by atoms with Gasteiger partial charge in [-0.3, -0.25) is 9.20 Å². The third kappa shape index (κ3) is 7.15. The minimum Gasteiger partial charge on any atom is -0.357 e. The Balaban J connectivity index is 0.00000288. The number of nitrogens with zero attached hydrogens (tertiary/aromatic N) is 2. The summed E-state index contributed by atoms with van der Waals surface area (Å²) in [6.07, 6.45) is 5.70. The van der Waals surface area contributed by atoms with Gasteiger partial charge in [-0.1, -0.05) is 13.3 Å². The summed E-state index contributed by atoms with van der Waals surface area (Å²) in [6, 6.07) is 0.410. The maximum atomic E-state index is 12.1. The molecule has 0 amide bonds. The number of halogens is 1. The van der Waals surface area contributed by atoms with E-state index in [1.54, 1.807) is 0 Å². The lowest BCUT2D eigenvalue weighted by atomic mass is 9.95. The Hall–Kier alpha value is 0.110. The predicted molar refractivity (Wildman–Crippen MR) is 115 cm³/mol. The van der Waals surface area contributed by atoms with Crippen LogP contribution in [0, 0.1) is 5.92 Å². The van der Waals surface area contributed by atoms with E-state index in [1.807, 2.05) is 6.92 Å². The van der Waals surface area contributed by atoms with Gasteiger partial charge in [-0.15, -0.1) is 24.0 Å². The van der Waals surface area contributed by atoms with Crippen LogP contribution in [0.4, 0.5) is 0 Å². The minimum absolute atomic E-state index is 0. The van der Waals surface area contributed by atoms with Gasteiger partial charge >= 0.3 is 0 Å². The lowest BCUT2D eigenvalue weighted by Crippen LogP contribution is -2.46. The zero-order valence-electron chi connectivity index (χ0n) is 15.4. The number of likely N-dealkylation sites (tertiary alicyclic amines) is 1. The minimum atomic E-state index is -0.668. The van der Waals surface area contributed by atoms with Crippen LogP contribution in [0.15, 0.2) is 4.99 Å². The van der Waals surface area contributed by atoms with Gasteiger partial charge in [-0.2, -0.15) is 0 Å². The highest BCUT2D eigenvalue weighted by Gasteiger charge is 2.26. The highest BCUT2D eigenvalue weighted by Crippen LogP contribution is 2.23. The van der Waals surface area contributed by atoms with Gasteiger partial charge in [0.05, 0.1) is 0 Å². The Morgan fingerprint density at radius 1 is 1.29 bits per heavy atom. The maximum absolute atomic E-state index is 12.1. The zero-order chi connectivity index (χ0) is 16.7. The Kier molecular flexibility index (Phi) is 10.8. The summed E-state index contributed by atoms with van der Waals surface area (Å²) in [5.74, 6) is 2.40. The number of nitrogens with one attached hydrogen (secondary N) is 2. The van der Waals surface area contributed by atoms with Gasteiger partial charge < -0.3 is 15.5 Å². The first kappa shape index (κ1) is 22.2.